The molecule has 0 aliphatic carbocycles. The quantitative estimate of drug-likeness (QED) is 0.357. The molecule has 0 radical (unpaired) electrons. The third-order valence-electron chi connectivity index (χ3n) is 4.42. The van der Waals surface area contributed by atoms with Crippen molar-refractivity contribution < 1.29 is 33.3 Å². The molecule has 0 saturated carbocycles. The van der Waals surface area contributed by atoms with Crippen molar-refractivity contribution >= 4 is 35.0 Å². The van der Waals surface area contributed by atoms with Crippen LogP contribution in [0.3, 0.4) is 0 Å². The molecule has 0 unspecified atom stereocenters. The molecular weight excluding hydrogens is 446 g/mol. The number of hydrogen-bond donors (Lipinski definition) is 0. The zero-order valence-electron chi connectivity index (χ0n) is 18.4. The fourth-order valence-electron chi connectivity index (χ4n) is 2.96. The summed E-state index contributed by atoms with van der Waals surface area (Å²) in [7, 11) is 0. The summed E-state index contributed by atoms with van der Waals surface area (Å²) in [5.74, 6) is 0.629. The Morgan fingerprint density at radius 3 is 2.48 bits per heavy atom. The lowest BCUT2D eigenvalue weighted by Gasteiger charge is -2.13. The zero-order valence-corrected chi connectivity index (χ0v) is 19.3. The maximum absolute atomic E-state index is 12.7. The summed E-state index contributed by atoms with van der Waals surface area (Å²) in [5.41, 5.74) is 0.660. The van der Waals surface area contributed by atoms with E-state index in [0.29, 0.717) is 34.3 Å². The van der Waals surface area contributed by atoms with Crippen LogP contribution in [0.2, 0.25) is 0 Å². The molecule has 1 heterocycles. The number of benzene rings is 2. The second kappa shape index (κ2) is 12.0. The predicted molar refractivity (Wildman–Crippen MR) is 124 cm³/mol. The van der Waals surface area contributed by atoms with E-state index >= 15 is 0 Å². The van der Waals surface area contributed by atoms with Crippen molar-refractivity contribution in [3.63, 3.8) is 0 Å². The van der Waals surface area contributed by atoms with Crippen molar-refractivity contribution in [2.45, 2.75) is 13.8 Å². The lowest BCUT2D eigenvalue weighted by molar-refractivity contribution is -0.145. The number of rotatable bonds is 11. The number of carbonyl (C=O) groups excluding carboxylic acids is 3. The third kappa shape index (κ3) is 6.76. The van der Waals surface area contributed by atoms with Crippen molar-refractivity contribution in [2.24, 2.45) is 0 Å². The maximum Gasteiger partial charge on any atom is 0.344 e. The highest BCUT2D eigenvalue weighted by Crippen LogP contribution is 2.34. The minimum absolute atomic E-state index is 0.154. The Morgan fingerprint density at radius 2 is 1.76 bits per heavy atom. The van der Waals surface area contributed by atoms with Crippen LogP contribution in [0.4, 0.5) is 4.79 Å². The highest BCUT2D eigenvalue weighted by atomic mass is 32.2. The summed E-state index contributed by atoms with van der Waals surface area (Å²) in [6.45, 7) is 4.32. The first-order chi connectivity index (χ1) is 16.0. The maximum atomic E-state index is 12.7. The van der Waals surface area contributed by atoms with Gasteiger partial charge in [-0.05, 0) is 61.5 Å². The van der Waals surface area contributed by atoms with Gasteiger partial charge < -0.3 is 18.9 Å². The zero-order chi connectivity index (χ0) is 23.6. The monoisotopic (exact) mass is 471 g/mol. The highest BCUT2D eigenvalue weighted by molar-refractivity contribution is 8.18. The number of carbonyl (C=O) groups is 3. The number of ether oxygens (including phenoxy) is 4. The summed E-state index contributed by atoms with van der Waals surface area (Å²) in [5, 5.41) is -0.345. The van der Waals surface area contributed by atoms with Gasteiger partial charge in [-0.2, -0.15) is 0 Å². The van der Waals surface area contributed by atoms with Crippen molar-refractivity contribution in [1.29, 1.82) is 0 Å². The van der Waals surface area contributed by atoms with Crippen LogP contribution in [0, 0.1) is 0 Å². The lowest BCUT2D eigenvalue weighted by atomic mass is 10.2. The van der Waals surface area contributed by atoms with Crippen LogP contribution < -0.4 is 14.2 Å². The van der Waals surface area contributed by atoms with Gasteiger partial charge in [-0.15, -0.1) is 0 Å². The fraction of sp³-hybridized carbons (Fsp3) is 0.292. The van der Waals surface area contributed by atoms with E-state index < -0.39 is 5.97 Å². The summed E-state index contributed by atoms with van der Waals surface area (Å²) < 4.78 is 21.6. The van der Waals surface area contributed by atoms with Gasteiger partial charge in [0.15, 0.2) is 18.1 Å². The molecule has 1 saturated heterocycles. The average molecular weight is 472 g/mol. The Balaban J connectivity index is 1.66. The van der Waals surface area contributed by atoms with E-state index in [1.807, 2.05) is 37.3 Å². The van der Waals surface area contributed by atoms with Crippen LogP contribution in [0.15, 0.2) is 53.4 Å². The average Bonchev–Trinajstić information content (AvgIpc) is 3.07. The van der Waals surface area contributed by atoms with Crippen LogP contribution >= 0.6 is 11.8 Å². The molecule has 2 amide bonds. The van der Waals surface area contributed by atoms with E-state index in [1.54, 1.807) is 31.2 Å². The second-order valence-electron chi connectivity index (χ2n) is 6.73. The van der Waals surface area contributed by atoms with E-state index in [0.717, 1.165) is 11.8 Å². The Morgan fingerprint density at radius 1 is 0.970 bits per heavy atom. The third-order valence-corrected chi connectivity index (χ3v) is 5.32. The van der Waals surface area contributed by atoms with E-state index in [1.165, 1.54) is 4.90 Å². The van der Waals surface area contributed by atoms with E-state index in [9.17, 15) is 14.4 Å². The number of nitrogens with zero attached hydrogens (tertiary/aromatic N) is 1. The number of imide groups is 1. The van der Waals surface area contributed by atoms with Crippen LogP contribution in [0.25, 0.3) is 6.08 Å². The molecule has 3 rings (SSSR count). The molecule has 8 nitrogen and oxygen atoms in total. The molecule has 9 heteroatoms. The van der Waals surface area contributed by atoms with Gasteiger partial charge in [-0.1, -0.05) is 24.3 Å². The summed E-state index contributed by atoms with van der Waals surface area (Å²) in [6.07, 6.45) is 1.63. The van der Waals surface area contributed by atoms with Crippen LogP contribution in [-0.4, -0.2) is 55.0 Å². The molecule has 0 N–H and O–H groups in total. The van der Waals surface area contributed by atoms with Gasteiger partial charge in [-0.25, -0.2) is 4.79 Å². The van der Waals surface area contributed by atoms with Gasteiger partial charge in [0.25, 0.3) is 11.1 Å². The topological polar surface area (TPSA) is 91.4 Å². The first-order valence-electron chi connectivity index (χ1n) is 10.5. The molecule has 1 aliphatic rings. The molecule has 0 bridgehead atoms. The summed E-state index contributed by atoms with van der Waals surface area (Å²) in [6, 6.07) is 14.3. The number of amides is 2. The van der Waals surface area contributed by atoms with Gasteiger partial charge in [0.1, 0.15) is 12.4 Å². The van der Waals surface area contributed by atoms with Gasteiger partial charge in [0, 0.05) is 0 Å². The van der Waals surface area contributed by atoms with Gasteiger partial charge in [0.2, 0.25) is 0 Å². The van der Waals surface area contributed by atoms with Crippen LogP contribution in [0.1, 0.15) is 19.4 Å². The number of esters is 1. The Kier molecular flexibility index (Phi) is 8.77. The number of para-hydroxylation sites is 1. The molecule has 2 aromatic carbocycles. The van der Waals surface area contributed by atoms with Crippen LogP contribution in [-0.2, 0) is 14.3 Å². The van der Waals surface area contributed by atoms with E-state index in [4.69, 9.17) is 18.9 Å². The Hall–Kier alpha value is -3.46. The largest absolute Gasteiger partial charge is 0.492 e. The lowest BCUT2D eigenvalue weighted by Crippen LogP contribution is -2.32. The van der Waals surface area contributed by atoms with Gasteiger partial charge in [0.05, 0.1) is 24.7 Å². The fourth-order valence-corrected chi connectivity index (χ4v) is 3.82. The normalized spacial score (nSPS) is 14.5. The second-order valence-corrected chi connectivity index (χ2v) is 7.72. The van der Waals surface area contributed by atoms with Crippen molar-refractivity contribution in [1.82, 2.24) is 4.90 Å². The van der Waals surface area contributed by atoms with E-state index in [2.05, 4.69) is 0 Å². The molecule has 174 valence electrons. The minimum Gasteiger partial charge on any atom is -0.492 e. The first kappa shape index (κ1) is 24.2. The molecule has 33 heavy (non-hydrogen) atoms. The van der Waals surface area contributed by atoms with Crippen molar-refractivity contribution in [3.8, 4) is 17.2 Å². The smallest absolute Gasteiger partial charge is 0.344 e. The highest BCUT2D eigenvalue weighted by Gasteiger charge is 2.34. The molecule has 0 spiro atoms. The molecule has 1 aliphatic heterocycles. The molecule has 0 aromatic heterocycles. The summed E-state index contributed by atoms with van der Waals surface area (Å²) >= 11 is 0.876. The number of hydrogen-bond acceptors (Lipinski definition) is 8. The van der Waals surface area contributed by atoms with Crippen molar-refractivity contribution in [3.05, 3.63) is 59.0 Å². The van der Waals surface area contributed by atoms with E-state index in [-0.39, 0.29) is 37.5 Å². The van der Waals surface area contributed by atoms with Crippen molar-refractivity contribution in [2.75, 3.05) is 33.0 Å². The first-order valence-corrected chi connectivity index (χ1v) is 11.3. The molecule has 0 atom stereocenters. The number of thioether (sulfide) groups is 1. The molecular formula is C24H25NO7S. The minimum atomic E-state index is -0.478. The SMILES string of the molecule is CCOC(=O)COc1ccc(/C=C2\SC(=O)N(CCOc3ccccc3)C2=O)cc1OCC. The Bertz CT molecular complexity index is 1020. The summed E-state index contributed by atoms with van der Waals surface area (Å²) in [4.78, 5) is 38.1. The van der Waals surface area contributed by atoms with Gasteiger partial charge >= 0.3 is 5.97 Å². The molecule has 2 aromatic rings. The molecule has 1 fully saturated rings. The van der Waals surface area contributed by atoms with Gasteiger partial charge in [-0.3, -0.25) is 14.5 Å². The Labute approximate surface area is 196 Å². The predicted octanol–water partition coefficient (Wildman–Crippen LogP) is 4.14. The van der Waals surface area contributed by atoms with Crippen LogP contribution in [0.5, 0.6) is 17.2 Å². The standard InChI is InChI=1S/C24H25NO7S/c1-3-29-20-14-17(10-11-19(20)32-16-22(26)30-4-2)15-21-23(27)25(24(28)33-21)12-13-31-18-8-6-5-7-9-18/h5-11,14-15H,3-4,12-13,16H2,1-2H3/b21-15-.